The molecule has 1 amide bonds. The molecule has 4 heteroatoms. The molecule has 1 saturated heterocycles. The Bertz CT molecular complexity index is 1030. The number of hydrogen-bond donors (Lipinski definition) is 0. The van der Waals surface area contributed by atoms with Crippen molar-refractivity contribution in [3.63, 3.8) is 0 Å². The number of carbonyl (C=O) groups is 1. The van der Waals surface area contributed by atoms with Gasteiger partial charge in [0.2, 0.25) is 0 Å². The van der Waals surface area contributed by atoms with E-state index in [1.165, 1.54) is 68.9 Å². The highest BCUT2D eigenvalue weighted by atomic mass is 16.6. The zero-order valence-electron chi connectivity index (χ0n) is 20.9. The normalized spacial score (nSPS) is 28.1. The van der Waals surface area contributed by atoms with Crippen LogP contribution in [0.1, 0.15) is 80.9 Å². The Kier molecular flexibility index (Phi) is 6.47. The first-order valence-electron chi connectivity index (χ1n) is 14.0. The van der Waals surface area contributed by atoms with Crippen molar-refractivity contribution in [1.29, 1.82) is 0 Å². The second kappa shape index (κ2) is 9.87. The molecule has 3 atom stereocenters. The monoisotopic (exact) mass is 473 g/mol. The first kappa shape index (κ1) is 22.9. The first-order chi connectivity index (χ1) is 17.2. The van der Waals surface area contributed by atoms with Gasteiger partial charge in [-0.1, -0.05) is 68.5 Å². The average molecular weight is 474 g/mol. The third kappa shape index (κ3) is 4.45. The van der Waals surface area contributed by atoms with Crippen LogP contribution in [-0.2, 0) is 23.2 Å². The Morgan fingerprint density at radius 1 is 0.943 bits per heavy atom. The van der Waals surface area contributed by atoms with Gasteiger partial charge in [-0.3, -0.25) is 0 Å². The van der Waals surface area contributed by atoms with Crippen molar-refractivity contribution in [2.75, 3.05) is 13.2 Å². The summed E-state index contributed by atoms with van der Waals surface area (Å²) in [7, 11) is 0. The van der Waals surface area contributed by atoms with Gasteiger partial charge < -0.3 is 14.4 Å². The van der Waals surface area contributed by atoms with Crippen molar-refractivity contribution >= 4 is 6.09 Å². The predicted molar refractivity (Wildman–Crippen MR) is 138 cm³/mol. The maximum atomic E-state index is 13.2. The molecule has 2 bridgehead atoms. The quantitative estimate of drug-likeness (QED) is 0.467. The summed E-state index contributed by atoms with van der Waals surface area (Å²) >= 11 is 0. The second-order valence-electron chi connectivity index (χ2n) is 11.4. The zero-order valence-corrected chi connectivity index (χ0v) is 20.9. The van der Waals surface area contributed by atoms with E-state index in [0.29, 0.717) is 12.5 Å². The van der Waals surface area contributed by atoms with E-state index in [1.807, 2.05) is 30.3 Å². The number of ether oxygens (including phenoxy) is 2. The van der Waals surface area contributed by atoms with E-state index in [-0.39, 0.29) is 17.6 Å². The van der Waals surface area contributed by atoms with E-state index < -0.39 is 0 Å². The molecule has 3 aliphatic carbocycles. The number of piperidine rings is 1. The van der Waals surface area contributed by atoms with E-state index in [9.17, 15) is 4.79 Å². The van der Waals surface area contributed by atoms with Crippen LogP contribution in [-0.4, -0.2) is 30.2 Å². The van der Waals surface area contributed by atoms with Gasteiger partial charge in [0, 0.05) is 18.0 Å². The molecule has 3 fully saturated rings. The van der Waals surface area contributed by atoms with E-state index in [4.69, 9.17) is 9.47 Å². The molecule has 6 rings (SSSR count). The summed E-state index contributed by atoms with van der Waals surface area (Å²) < 4.78 is 12.2. The summed E-state index contributed by atoms with van der Waals surface area (Å²) in [5.74, 6) is 2.29. The molecule has 4 aliphatic rings. The number of nitrogens with zero attached hydrogens (tertiary/aromatic N) is 1. The highest BCUT2D eigenvalue weighted by molar-refractivity contribution is 5.69. The smallest absolute Gasteiger partial charge is 0.410 e. The van der Waals surface area contributed by atoms with Gasteiger partial charge in [-0.25, -0.2) is 4.79 Å². The molecule has 4 nitrogen and oxygen atoms in total. The summed E-state index contributed by atoms with van der Waals surface area (Å²) in [6.07, 6.45) is 13.6. The summed E-state index contributed by atoms with van der Waals surface area (Å²) in [6.45, 7) is 2.00. The molecule has 0 aromatic heterocycles. The minimum absolute atomic E-state index is 0.145. The molecule has 1 heterocycles. The Hall–Kier alpha value is -2.49. The van der Waals surface area contributed by atoms with Crippen molar-refractivity contribution < 1.29 is 14.3 Å². The number of carbonyl (C=O) groups excluding carboxylic acids is 1. The Labute approximate surface area is 210 Å². The highest BCUT2D eigenvalue weighted by Crippen LogP contribution is 2.56. The number of rotatable bonds is 5. The molecular weight excluding hydrogens is 434 g/mol. The third-order valence-electron chi connectivity index (χ3n) is 9.46. The molecule has 0 radical (unpaired) electrons. The summed E-state index contributed by atoms with van der Waals surface area (Å²) in [5.41, 5.74) is 4.17. The van der Waals surface area contributed by atoms with Crippen molar-refractivity contribution in [2.24, 2.45) is 11.8 Å². The summed E-state index contributed by atoms with van der Waals surface area (Å²) in [6, 6.07) is 17.1. The van der Waals surface area contributed by atoms with Gasteiger partial charge in [-0.15, -0.1) is 0 Å². The van der Waals surface area contributed by atoms with Gasteiger partial charge >= 0.3 is 6.09 Å². The van der Waals surface area contributed by atoms with Crippen LogP contribution in [0.25, 0.3) is 0 Å². The third-order valence-corrected chi connectivity index (χ3v) is 9.46. The SMILES string of the molecule is O=C(OCc1ccccc1)N1CC[C@]23CCCC[C@H]2[C@H]1Cc1ccc(OCC2CCCCC2)cc13. The van der Waals surface area contributed by atoms with E-state index >= 15 is 0 Å². The lowest BCUT2D eigenvalue weighted by atomic mass is 9.52. The minimum atomic E-state index is -0.145. The average Bonchev–Trinajstić information content (AvgIpc) is 2.92. The predicted octanol–water partition coefficient (Wildman–Crippen LogP) is 7.04. The topological polar surface area (TPSA) is 38.8 Å². The molecule has 0 N–H and O–H groups in total. The summed E-state index contributed by atoms with van der Waals surface area (Å²) in [4.78, 5) is 15.3. The standard InChI is InChI=1S/C31H39NO3/c33-30(35-22-24-11-5-2-6-12-24)32-18-17-31-16-8-7-13-27(31)29(32)19-25-14-15-26(20-28(25)31)34-21-23-9-3-1-4-10-23/h2,5-6,11-12,14-15,20,23,27,29H,1,3-4,7-10,13,16-19,21-22H2/t27-,29+,31+/m0/s1. The molecule has 0 unspecified atom stereocenters. The Morgan fingerprint density at radius 2 is 1.77 bits per heavy atom. The van der Waals surface area contributed by atoms with Crippen molar-refractivity contribution in [2.45, 2.75) is 88.7 Å². The number of fused-ring (bicyclic) bond motifs is 1. The number of hydrogen-bond acceptors (Lipinski definition) is 3. The van der Waals surface area contributed by atoms with Gasteiger partial charge in [-0.05, 0) is 79.2 Å². The molecule has 2 aromatic carbocycles. The molecule has 186 valence electrons. The number of amides is 1. The van der Waals surface area contributed by atoms with Gasteiger partial charge in [0.05, 0.1) is 6.61 Å². The van der Waals surface area contributed by atoms with E-state index in [1.54, 1.807) is 0 Å². The zero-order chi connectivity index (χ0) is 23.7. The molecule has 1 aliphatic heterocycles. The molecule has 2 saturated carbocycles. The van der Waals surface area contributed by atoms with Crippen LogP contribution >= 0.6 is 0 Å². The molecular formula is C31H39NO3. The van der Waals surface area contributed by atoms with E-state index in [0.717, 1.165) is 43.2 Å². The van der Waals surface area contributed by atoms with Crippen LogP contribution in [0, 0.1) is 11.8 Å². The highest BCUT2D eigenvalue weighted by Gasteiger charge is 2.55. The van der Waals surface area contributed by atoms with Crippen molar-refractivity contribution in [3.05, 3.63) is 65.2 Å². The number of likely N-dealkylation sites (tertiary alicyclic amines) is 1. The fourth-order valence-corrected chi connectivity index (χ4v) is 7.67. The van der Waals surface area contributed by atoms with Crippen LogP contribution in [0.4, 0.5) is 4.79 Å². The second-order valence-corrected chi connectivity index (χ2v) is 11.4. The van der Waals surface area contributed by atoms with Crippen LogP contribution in [0.2, 0.25) is 0 Å². The van der Waals surface area contributed by atoms with Crippen LogP contribution < -0.4 is 4.74 Å². The number of benzene rings is 2. The lowest BCUT2D eigenvalue weighted by Gasteiger charge is -2.58. The van der Waals surface area contributed by atoms with Crippen LogP contribution in [0.3, 0.4) is 0 Å². The van der Waals surface area contributed by atoms with Crippen LogP contribution in [0.5, 0.6) is 5.75 Å². The summed E-state index contributed by atoms with van der Waals surface area (Å²) in [5, 5.41) is 0. The lowest BCUT2D eigenvalue weighted by molar-refractivity contribution is -0.0137. The molecule has 2 aromatic rings. The van der Waals surface area contributed by atoms with Gasteiger partial charge in [0.15, 0.2) is 0 Å². The first-order valence-corrected chi connectivity index (χ1v) is 14.0. The Balaban J connectivity index is 1.20. The minimum Gasteiger partial charge on any atom is -0.493 e. The maximum Gasteiger partial charge on any atom is 0.410 e. The van der Waals surface area contributed by atoms with Gasteiger partial charge in [0.25, 0.3) is 0 Å². The maximum absolute atomic E-state index is 13.2. The fourth-order valence-electron chi connectivity index (χ4n) is 7.67. The van der Waals surface area contributed by atoms with Gasteiger partial charge in [-0.2, -0.15) is 0 Å². The van der Waals surface area contributed by atoms with Crippen molar-refractivity contribution in [3.8, 4) is 5.75 Å². The largest absolute Gasteiger partial charge is 0.493 e. The van der Waals surface area contributed by atoms with E-state index in [2.05, 4.69) is 23.1 Å². The molecule has 35 heavy (non-hydrogen) atoms. The van der Waals surface area contributed by atoms with Gasteiger partial charge in [0.1, 0.15) is 12.4 Å². The fraction of sp³-hybridized carbons (Fsp3) is 0.581. The van der Waals surface area contributed by atoms with Crippen molar-refractivity contribution in [1.82, 2.24) is 4.90 Å². The van der Waals surface area contributed by atoms with Crippen LogP contribution in [0.15, 0.2) is 48.5 Å². The molecule has 0 spiro atoms. The lowest BCUT2D eigenvalue weighted by Crippen LogP contribution is -2.62. The Morgan fingerprint density at radius 3 is 2.63 bits per heavy atom.